The Bertz CT molecular complexity index is 976. The summed E-state index contributed by atoms with van der Waals surface area (Å²) < 4.78 is 21.5. The fourth-order valence-electron chi connectivity index (χ4n) is 3.70. The molecule has 148 valence electrons. The highest BCUT2D eigenvalue weighted by atomic mass is 16.5. The van der Waals surface area contributed by atoms with Gasteiger partial charge in [0.2, 0.25) is 0 Å². The van der Waals surface area contributed by atoms with Gasteiger partial charge in [0.15, 0.2) is 11.5 Å². The molecule has 1 aromatic carbocycles. The van der Waals surface area contributed by atoms with Gasteiger partial charge >= 0.3 is 0 Å². The van der Waals surface area contributed by atoms with Crippen LogP contribution in [0.4, 0.5) is 0 Å². The minimum atomic E-state index is 0.188. The van der Waals surface area contributed by atoms with Gasteiger partial charge in [-0.05, 0) is 32.9 Å². The van der Waals surface area contributed by atoms with Gasteiger partial charge in [0.25, 0.3) is 0 Å². The van der Waals surface area contributed by atoms with Crippen molar-refractivity contribution >= 4 is 0 Å². The summed E-state index contributed by atoms with van der Waals surface area (Å²) in [6.07, 6.45) is 4.57. The molecule has 0 bridgehead atoms. The molecule has 1 aliphatic rings. The molecular formula is C21H26N4O3. The van der Waals surface area contributed by atoms with E-state index in [1.54, 1.807) is 7.11 Å². The van der Waals surface area contributed by atoms with Crippen molar-refractivity contribution in [1.29, 1.82) is 0 Å². The molecule has 0 aliphatic carbocycles. The molecule has 28 heavy (non-hydrogen) atoms. The number of fused-ring (bicyclic) bond motifs is 1. The third-order valence-electron chi connectivity index (χ3n) is 4.98. The van der Waals surface area contributed by atoms with Crippen molar-refractivity contribution in [3.05, 3.63) is 42.1 Å². The topological polar surface area (TPSA) is 63.3 Å². The summed E-state index contributed by atoms with van der Waals surface area (Å²) in [5.41, 5.74) is 4.09. The Kier molecular flexibility index (Phi) is 4.98. The van der Waals surface area contributed by atoms with Crippen LogP contribution in [0.3, 0.4) is 0 Å². The van der Waals surface area contributed by atoms with Crippen LogP contribution in [0.1, 0.15) is 30.8 Å². The Morgan fingerprint density at radius 3 is 2.57 bits per heavy atom. The number of benzene rings is 1. The first-order valence-electron chi connectivity index (χ1n) is 9.57. The molecule has 0 N–H and O–H groups in total. The van der Waals surface area contributed by atoms with E-state index in [0.29, 0.717) is 13.2 Å². The number of imidazole rings is 1. The lowest BCUT2D eigenvalue weighted by atomic mass is 10.1. The minimum Gasteiger partial charge on any atom is -0.496 e. The van der Waals surface area contributed by atoms with E-state index in [9.17, 15) is 0 Å². The highest BCUT2D eigenvalue weighted by Crippen LogP contribution is 2.41. The molecule has 4 rings (SSSR count). The molecule has 3 heterocycles. The minimum absolute atomic E-state index is 0.188. The lowest BCUT2D eigenvalue weighted by Gasteiger charge is -2.19. The van der Waals surface area contributed by atoms with E-state index >= 15 is 0 Å². The Hall–Kier alpha value is -2.96. The third kappa shape index (κ3) is 3.44. The van der Waals surface area contributed by atoms with Crippen molar-refractivity contribution < 1.29 is 14.2 Å². The van der Waals surface area contributed by atoms with Crippen LogP contribution in [0, 0.1) is 13.8 Å². The molecule has 0 saturated heterocycles. The number of rotatable bonds is 5. The zero-order chi connectivity index (χ0) is 19.7. The lowest BCUT2D eigenvalue weighted by Crippen LogP contribution is -2.16. The fraction of sp³-hybridized carbons (Fsp3) is 0.429. The summed E-state index contributed by atoms with van der Waals surface area (Å²) in [5, 5.41) is 4.62. The van der Waals surface area contributed by atoms with Crippen molar-refractivity contribution in [1.82, 2.24) is 19.3 Å². The predicted octanol–water partition coefficient (Wildman–Crippen LogP) is 3.79. The number of hydrogen-bond donors (Lipinski definition) is 0. The second kappa shape index (κ2) is 7.58. The highest BCUT2D eigenvalue weighted by molar-refractivity contribution is 5.72. The van der Waals surface area contributed by atoms with Gasteiger partial charge in [0, 0.05) is 30.3 Å². The van der Waals surface area contributed by atoms with Crippen LogP contribution in [0.2, 0.25) is 0 Å². The largest absolute Gasteiger partial charge is 0.496 e. The number of nitrogens with zero attached hydrogens (tertiary/aromatic N) is 4. The van der Waals surface area contributed by atoms with E-state index < -0.39 is 0 Å². The molecule has 3 aromatic rings. The second-order valence-electron chi connectivity index (χ2n) is 7.20. The van der Waals surface area contributed by atoms with Crippen molar-refractivity contribution in [3.63, 3.8) is 0 Å². The molecule has 0 amide bonds. The predicted molar refractivity (Wildman–Crippen MR) is 106 cm³/mol. The van der Waals surface area contributed by atoms with Crippen LogP contribution < -0.4 is 14.2 Å². The molecule has 0 unspecified atom stereocenters. The summed E-state index contributed by atoms with van der Waals surface area (Å²) in [6.45, 7) is 8.30. The smallest absolute Gasteiger partial charge is 0.164 e. The number of hydrogen-bond acceptors (Lipinski definition) is 5. The normalized spacial score (nSPS) is 14.6. The van der Waals surface area contributed by atoms with Gasteiger partial charge < -0.3 is 18.8 Å². The molecule has 0 fully saturated rings. The van der Waals surface area contributed by atoms with Gasteiger partial charge in [-0.3, -0.25) is 4.68 Å². The van der Waals surface area contributed by atoms with E-state index in [-0.39, 0.29) is 6.04 Å². The first-order valence-corrected chi connectivity index (χ1v) is 9.57. The number of ether oxygens (including phenoxy) is 3. The zero-order valence-electron chi connectivity index (χ0n) is 16.8. The van der Waals surface area contributed by atoms with Gasteiger partial charge in [0.05, 0.1) is 50.3 Å². The summed E-state index contributed by atoms with van der Waals surface area (Å²) in [5.74, 6) is 2.21. The van der Waals surface area contributed by atoms with Crippen LogP contribution >= 0.6 is 0 Å². The van der Waals surface area contributed by atoms with E-state index in [1.165, 1.54) is 0 Å². The Labute approximate surface area is 164 Å². The SMILES string of the molecule is COc1cc2c(cc1-c1cncn1C[C@H](C)n1nc(C)cc1C)OCCCO2. The monoisotopic (exact) mass is 382 g/mol. The summed E-state index contributed by atoms with van der Waals surface area (Å²) in [4.78, 5) is 4.38. The van der Waals surface area contributed by atoms with Gasteiger partial charge in [0.1, 0.15) is 5.75 Å². The Morgan fingerprint density at radius 2 is 1.89 bits per heavy atom. The third-order valence-corrected chi connectivity index (χ3v) is 4.98. The molecule has 2 aromatic heterocycles. The van der Waals surface area contributed by atoms with E-state index in [2.05, 4.69) is 39.2 Å². The maximum absolute atomic E-state index is 5.87. The Morgan fingerprint density at radius 1 is 1.14 bits per heavy atom. The lowest BCUT2D eigenvalue weighted by molar-refractivity contribution is 0.296. The van der Waals surface area contributed by atoms with E-state index in [1.807, 2.05) is 31.6 Å². The van der Waals surface area contributed by atoms with Gasteiger partial charge in [-0.25, -0.2) is 4.98 Å². The van der Waals surface area contributed by atoms with Crippen molar-refractivity contribution in [2.75, 3.05) is 20.3 Å². The van der Waals surface area contributed by atoms with Crippen LogP contribution in [-0.4, -0.2) is 39.7 Å². The number of aromatic nitrogens is 4. The quantitative estimate of drug-likeness (QED) is 0.672. The molecule has 0 radical (unpaired) electrons. The highest BCUT2D eigenvalue weighted by Gasteiger charge is 2.20. The van der Waals surface area contributed by atoms with E-state index in [0.717, 1.165) is 52.9 Å². The molecular weight excluding hydrogens is 356 g/mol. The van der Waals surface area contributed by atoms with Crippen LogP contribution in [-0.2, 0) is 6.54 Å². The molecule has 7 nitrogen and oxygen atoms in total. The first-order chi connectivity index (χ1) is 13.6. The average Bonchev–Trinajstić information content (AvgIpc) is 3.19. The molecule has 1 atom stereocenters. The summed E-state index contributed by atoms with van der Waals surface area (Å²) in [6, 6.07) is 6.17. The molecule has 1 aliphatic heterocycles. The summed E-state index contributed by atoms with van der Waals surface area (Å²) in [7, 11) is 1.67. The maximum atomic E-state index is 5.87. The average molecular weight is 382 g/mol. The van der Waals surface area contributed by atoms with Crippen molar-refractivity contribution in [2.24, 2.45) is 0 Å². The maximum Gasteiger partial charge on any atom is 0.164 e. The summed E-state index contributed by atoms with van der Waals surface area (Å²) >= 11 is 0. The standard InChI is InChI=1S/C21H26N4O3/c1-14-8-15(2)25(23-14)16(3)12-24-13-22-11-18(24)17-9-20-21(10-19(17)26-4)28-7-5-6-27-20/h8-11,13,16H,5-7,12H2,1-4H3/t16-/m0/s1. The second-order valence-corrected chi connectivity index (χ2v) is 7.20. The Balaban J connectivity index is 1.69. The van der Waals surface area contributed by atoms with E-state index in [4.69, 9.17) is 14.2 Å². The fourth-order valence-corrected chi connectivity index (χ4v) is 3.70. The number of methoxy groups -OCH3 is 1. The molecule has 0 saturated carbocycles. The van der Waals surface area contributed by atoms with Gasteiger partial charge in [-0.2, -0.15) is 5.10 Å². The molecule has 0 spiro atoms. The zero-order valence-corrected chi connectivity index (χ0v) is 16.8. The number of aryl methyl sites for hydroxylation is 2. The van der Waals surface area contributed by atoms with Crippen molar-refractivity contribution in [2.45, 2.75) is 39.8 Å². The van der Waals surface area contributed by atoms with Gasteiger partial charge in [-0.15, -0.1) is 0 Å². The van der Waals surface area contributed by atoms with Crippen LogP contribution in [0.25, 0.3) is 11.3 Å². The van der Waals surface area contributed by atoms with Gasteiger partial charge in [-0.1, -0.05) is 0 Å². The first kappa shape index (κ1) is 18.4. The molecule has 7 heteroatoms. The van der Waals surface area contributed by atoms with Crippen LogP contribution in [0.15, 0.2) is 30.7 Å². The van der Waals surface area contributed by atoms with Crippen molar-refractivity contribution in [3.8, 4) is 28.5 Å². The van der Waals surface area contributed by atoms with Crippen LogP contribution in [0.5, 0.6) is 17.2 Å².